The molecule has 18 heavy (non-hydrogen) atoms. The smallest absolute Gasteiger partial charge is 0.338 e. The van der Waals surface area contributed by atoms with E-state index in [4.69, 9.17) is 4.74 Å². The fourth-order valence-electron chi connectivity index (χ4n) is 2.15. The van der Waals surface area contributed by atoms with E-state index < -0.39 is 0 Å². The van der Waals surface area contributed by atoms with E-state index in [-0.39, 0.29) is 12.1 Å². The summed E-state index contributed by atoms with van der Waals surface area (Å²) in [7, 11) is 0. The van der Waals surface area contributed by atoms with Crippen LogP contribution < -0.4 is 0 Å². The predicted octanol–water partition coefficient (Wildman–Crippen LogP) is 3.82. The molecule has 1 aromatic carbocycles. The molecule has 0 fully saturated rings. The number of hydrogen-bond donors (Lipinski definition) is 1. The standard InChI is InChI=1S/C15H19NO2/c1-4-5-11(3)18-15(17)13-9-14-12(6-7-16-14)8-10(13)2/h6-9,11,16H,4-5H2,1-3H3. The maximum Gasteiger partial charge on any atom is 0.338 e. The summed E-state index contributed by atoms with van der Waals surface area (Å²) in [6, 6.07) is 5.87. The van der Waals surface area contributed by atoms with Crippen LogP contribution in [0.4, 0.5) is 0 Å². The normalized spacial score (nSPS) is 12.6. The third kappa shape index (κ3) is 2.55. The zero-order valence-electron chi connectivity index (χ0n) is 11.1. The van der Waals surface area contributed by atoms with Gasteiger partial charge >= 0.3 is 5.97 Å². The monoisotopic (exact) mass is 245 g/mol. The minimum Gasteiger partial charge on any atom is -0.459 e. The molecule has 0 aliphatic heterocycles. The van der Waals surface area contributed by atoms with Gasteiger partial charge in [-0.05, 0) is 49.4 Å². The molecule has 1 N–H and O–H groups in total. The molecule has 1 atom stereocenters. The second-order valence-corrected chi connectivity index (χ2v) is 4.74. The number of aromatic nitrogens is 1. The number of nitrogens with one attached hydrogen (secondary N) is 1. The molecule has 96 valence electrons. The Hall–Kier alpha value is -1.77. The van der Waals surface area contributed by atoms with Gasteiger partial charge in [0.15, 0.2) is 0 Å². The van der Waals surface area contributed by atoms with Crippen LogP contribution in [0, 0.1) is 6.92 Å². The molecule has 0 saturated carbocycles. The third-order valence-corrected chi connectivity index (χ3v) is 3.12. The quantitative estimate of drug-likeness (QED) is 0.832. The van der Waals surface area contributed by atoms with Crippen LogP contribution in [-0.2, 0) is 4.74 Å². The number of aromatic amines is 1. The summed E-state index contributed by atoms with van der Waals surface area (Å²) in [5, 5.41) is 1.12. The molecule has 3 nitrogen and oxygen atoms in total. The van der Waals surface area contributed by atoms with E-state index in [1.165, 1.54) is 0 Å². The Balaban J connectivity index is 2.23. The lowest BCUT2D eigenvalue weighted by Crippen LogP contribution is -2.15. The lowest BCUT2D eigenvalue weighted by atomic mass is 10.1. The zero-order chi connectivity index (χ0) is 13.1. The number of fused-ring (bicyclic) bond motifs is 1. The van der Waals surface area contributed by atoms with Crippen molar-refractivity contribution in [1.82, 2.24) is 4.98 Å². The number of ether oxygens (including phenoxy) is 1. The molecule has 1 unspecified atom stereocenters. The van der Waals surface area contributed by atoms with E-state index in [2.05, 4.69) is 11.9 Å². The summed E-state index contributed by atoms with van der Waals surface area (Å²) in [6.07, 6.45) is 3.76. The van der Waals surface area contributed by atoms with Crippen LogP contribution in [0.15, 0.2) is 24.4 Å². The lowest BCUT2D eigenvalue weighted by Gasteiger charge is -2.13. The minimum absolute atomic E-state index is 0.0266. The van der Waals surface area contributed by atoms with Gasteiger partial charge in [-0.25, -0.2) is 4.79 Å². The molecule has 0 aliphatic rings. The topological polar surface area (TPSA) is 42.1 Å². The van der Waals surface area contributed by atoms with Crippen LogP contribution in [0.25, 0.3) is 10.9 Å². The van der Waals surface area contributed by atoms with Gasteiger partial charge in [0.2, 0.25) is 0 Å². The van der Waals surface area contributed by atoms with Crippen molar-refractivity contribution in [2.45, 2.75) is 39.7 Å². The average Bonchev–Trinajstić information content (AvgIpc) is 2.74. The zero-order valence-corrected chi connectivity index (χ0v) is 11.1. The highest BCUT2D eigenvalue weighted by Gasteiger charge is 2.14. The number of esters is 1. The van der Waals surface area contributed by atoms with E-state index in [1.54, 1.807) is 0 Å². The minimum atomic E-state index is -0.232. The Labute approximate surface area is 107 Å². The van der Waals surface area contributed by atoms with E-state index in [0.717, 1.165) is 29.3 Å². The van der Waals surface area contributed by atoms with Crippen LogP contribution in [0.1, 0.15) is 42.6 Å². The van der Waals surface area contributed by atoms with E-state index >= 15 is 0 Å². The Bertz CT molecular complexity index is 557. The molecule has 2 aromatic rings. The van der Waals surface area contributed by atoms with Crippen molar-refractivity contribution in [1.29, 1.82) is 0 Å². The first kappa shape index (κ1) is 12.7. The first-order valence-electron chi connectivity index (χ1n) is 6.40. The molecule has 0 saturated heterocycles. The summed E-state index contributed by atoms with van der Waals surface area (Å²) < 4.78 is 5.43. The second kappa shape index (κ2) is 5.25. The van der Waals surface area contributed by atoms with Gasteiger partial charge < -0.3 is 9.72 Å². The molecule has 0 spiro atoms. The van der Waals surface area contributed by atoms with Crippen molar-refractivity contribution in [2.75, 3.05) is 0 Å². The fourth-order valence-corrected chi connectivity index (χ4v) is 2.15. The number of aryl methyl sites for hydroxylation is 1. The fraction of sp³-hybridized carbons (Fsp3) is 0.400. The van der Waals surface area contributed by atoms with Crippen molar-refractivity contribution in [2.24, 2.45) is 0 Å². The molecule has 0 bridgehead atoms. The number of benzene rings is 1. The van der Waals surface area contributed by atoms with Gasteiger partial charge in [-0.3, -0.25) is 0 Å². The van der Waals surface area contributed by atoms with Crippen molar-refractivity contribution < 1.29 is 9.53 Å². The molecule has 3 heteroatoms. The Morgan fingerprint density at radius 1 is 1.44 bits per heavy atom. The van der Waals surface area contributed by atoms with Gasteiger partial charge in [0.1, 0.15) is 0 Å². The van der Waals surface area contributed by atoms with Gasteiger partial charge in [-0.2, -0.15) is 0 Å². The number of carbonyl (C=O) groups is 1. The maximum atomic E-state index is 12.1. The third-order valence-electron chi connectivity index (χ3n) is 3.12. The summed E-state index contributed by atoms with van der Waals surface area (Å²) >= 11 is 0. The predicted molar refractivity (Wildman–Crippen MR) is 72.8 cm³/mol. The van der Waals surface area contributed by atoms with Gasteiger partial charge in [0.05, 0.1) is 11.7 Å². The summed E-state index contributed by atoms with van der Waals surface area (Å²) in [4.78, 5) is 15.2. The van der Waals surface area contributed by atoms with E-state index in [9.17, 15) is 4.79 Å². The molecular weight excluding hydrogens is 226 g/mol. The van der Waals surface area contributed by atoms with Gasteiger partial charge in [0.25, 0.3) is 0 Å². The van der Waals surface area contributed by atoms with Crippen molar-refractivity contribution in [3.63, 3.8) is 0 Å². The van der Waals surface area contributed by atoms with Crippen LogP contribution in [0.5, 0.6) is 0 Å². The molecule has 0 radical (unpaired) electrons. The Morgan fingerprint density at radius 2 is 2.22 bits per heavy atom. The molecule has 1 heterocycles. The number of hydrogen-bond acceptors (Lipinski definition) is 2. The number of carbonyl (C=O) groups excluding carboxylic acids is 1. The SMILES string of the molecule is CCCC(C)OC(=O)c1cc2[nH]ccc2cc1C. The van der Waals surface area contributed by atoms with Crippen LogP contribution in [0.3, 0.4) is 0 Å². The highest BCUT2D eigenvalue weighted by molar-refractivity contribution is 5.96. The van der Waals surface area contributed by atoms with Crippen LogP contribution in [-0.4, -0.2) is 17.1 Å². The molecule has 2 rings (SSSR count). The van der Waals surface area contributed by atoms with Crippen molar-refractivity contribution >= 4 is 16.9 Å². The number of H-pyrrole nitrogens is 1. The second-order valence-electron chi connectivity index (χ2n) is 4.74. The highest BCUT2D eigenvalue weighted by Crippen LogP contribution is 2.20. The molecule has 0 amide bonds. The van der Waals surface area contributed by atoms with Crippen molar-refractivity contribution in [3.8, 4) is 0 Å². The molecule has 0 aliphatic carbocycles. The lowest BCUT2D eigenvalue weighted by molar-refractivity contribution is 0.0323. The molecular formula is C15H19NO2. The summed E-state index contributed by atoms with van der Waals surface area (Å²) in [5.74, 6) is -0.232. The maximum absolute atomic E-state index is 12.1. The van der Waals surface area contributed by atoms with Gasteiger partial charge in [-0.15, -0.1) is 0 Å². The number of rotatable bonds is 4. The van der Waals surface area contributed by atoms with E-state index in [1.807, 2.05) is 38.2 Å². The highest BCUT2D eigenvalue weighted by atomic mass is 16.5. The van der Waals surface area contributed by atoms with Crippen LogP contribution >= 0.6 is 0 Å². The summed E-state index contributed by atoms with van der Waals surface area (Å²) in [5.41, 5.74) is 2.57. The van der Waals surface area contributed by atoms with Gasteiger partial charge in [0, 0.05) is 11.7 Å². The first-order chi connectivity index (χ1) is 8.61. The van der Waals surface area contributed by atoms with Gasteiger partial charge in [-0.1, -0.05) is 13.3 Å². The summed E-state index contributed by atoms with van der Waals surface area (Å²) in [6.45, 7) is 5.96. The average molecular weight is 245 g/mol. The Morgan fingerprint density at radius 3 is 2.94 bits per heavy atom. The van der Waals surface area contributed by atoms with Crippen LogP contribution in [0.2, 0.25) is 0 Å². The Kier molecular flexibility index (Phi) is 3.70. The van der Waals surface area contributed by atoms with E-state index in [0.29, 0.717) is 5.56 Å². The first-order valence-corrected chi connectivity index (χ1v) is 6.40. The van der Waals surface area contributed by atoms with Crippen molar-refractivity contribution in [3.05, 3.63) is 35.5 Å². The largest absolute Gasteiger partial charge is 0.459 e. The molecule has 1 aromatic heterocycles.